The van der Waals surface area contributed by atoms with Crippen LogP contribution >= 0.6 is 11.6 Å². The summed E-state index contributed by atoms with van der Waals surface area (Å²) in [5, 5.41) is 4.69. The van der Waals surface area contributed by atoms with Gasteiger partial charge in [0.15, 0.2) is 0 Å². The van der Waals surface area contributed by atoms with Crippen molar-refractivity contribution in [1.29, 1.82) is 0 Å². The summed E-state index contributed by atoms with van der Waals surface area (Å²) in [6, 6.07) is 3.69. The van der Waals surface area contributed by atoms with Crippen molar-refractivity contribution < 1.29 is 24.0 Å². The quantitative estimate of drug-likeness (QED) is 0.575. The molecule has 2 aliphatic heterocycles. The monoisotopic (exact) mass is 363 g/mol. The Morgan fingerprint density at radius 2 is 2.00 bits per heavy atom. The fraction of sp³-hybridized carbons (Fsp3) is 0.312. The van der Waals surface area contributed by atoms with E-state index in [0.29, 0.717) is 5.56 Å². The van der Waals surface area contributed by atoms with E-state index in [1.54, 1.807) is 12.1 Å². The molecule has 0 aliphatic carbocycles. The second-order valence-corrected chi connectivity index (χ2v) is 5.96. The number of carbonyl (C=O) groups is 5. The van der Waals surface area contributed by atoms with Crippen LogP contribution in [0.4, 0.5) is 0 Å². The summed E-state index contributed by atoms with van der Waals surface area (Å²) in [6.07, 6.45) is 0.150. The van der Waals surface area contributed by atoms with Gasteiger partial charge in [-0.25, -0.2) is 0 Å². The predicted molar refractivity (Wildman–Crippen MR) is 85.7 cm³/mol. The molecule has 25 heavy (non-hydrogen) atoms. The first-order valence-electron chi connectivity index (χ1n) is 7.60. The lowest BCUT2D eigenvalue weighted by Gasteiger charge is -2.27. The molecular weight excluding hydrogens is 350 g/mol. The second kappa shape index (κ2) is 6.64. The lowest BCUT2D eigenvalue weighted by Crippen LogP contribution is -2.54. The van der Waals surface area contributed by atoms with Crippen LogP contribution in [0.15, 0.2) is 18.2 Å². The second-order valence-electron chi connectivity index (χ2n) is 5.70. The molecule has 0 bridgehead atoms. The van der Waals surface area contributed by atoms with Crippen LogP contribution in [0.2, 0.25) is 0 Å². The van der Waals surface area contributed by atoms with Crippen LogP contribution in [0.3, 0.4) is 0 Å². The van der Waals surface area contributed by atoms with Crippen LogP contribution in [0.25, 0.3) is 0 Å². The van der Waals surface area contributed by atoms with Crippen molar-refractivity contribution in [3.05, 3.63) is 34.9 Å². The van der Waals surface area contributed by atoms with Crippen molar-refractivity contribution in [3.8, 4) is 0 Å². The van der Waals surface area contributed by atoms with E-state index in [0.717, 1.165) is 4.90 Å². The highest BCUT2D eigenvalue weighted by Gasteiger charge is 2.45. The number of benzene rings is 1. The Morgan fingerprint density at radius 3 is 2.68 bits per heavy atom. The van der Waals surface area contributed by atoms with E-state index in [9.17, 15) is 24.0 Å². The van der Waals surface area contributed by atoms with Gasteiger partial charge in [-0.1, -0.05) is 12.1 Å². The lowest BCUT2D eigenvalue weighted by atomic mass is 10.0. The highest BCUT2D eigenvalue weighted by atomic mass is 35.5. The fourth-order valence-corrected chi connectivity index (χ4v) is 3.07. The van der Waals surface area contributed by atoms with Gasteiger partial charge in [-0.2, -0.15) is 0 Å². The summed E-state index contributed by atoms with van der Waals surface area (Å²) in [4.78, 5) is 60.9. The van der Waals surface area contributed by atoms with E-state index in [-0.39, 0.29) is 36.4 Å². The SMILES string of the molecule is O=C(CCl)NCc1cccc2c1C(=O)N(C1CCC(=O)NC1=O)C2=O. The number of nitrogens with one attached hydrogen (secondary N) is 2. The van der Waals surface area contributed by atoms with Gasteiger partial charge in [0.25, 0.3) is 11.8 Å². The van der Waals surface area contributed by atoms with Gasteiger partial charge in [-0.3, -0.25) is 34.2 Å². The number of carbonyl (C=O) groups excluding carboxylic acids is 5. The Balaban J connectivity index is 1.90. The zero-order valence-electron chi connectivity index (χ0n) is 13.0. The van der Waals surface area contributed by atoms with E-state index in [2.05, 4.69) is 10.6 Å². The van der Waals surface area contributed by atoms with Crippen LogP contribution in [0, 0.1) is 0 Å². The van der Waals surface area contributed by atoms with Gasteiger partial charge in [-0.15, -0.1) is 11.6 Å². The third kappa shape index (κ3) is 3.00. The number of imide groups is 2. The van der Waals surface area contributed by atoms with Crippen LogP contribution in [-0.4, -0.2) is 46.4 Å². The number of fused-ring (bicyclic) bond motifs is 1. The summed E-state index contributed by atoms with van der Waals surface area (Å²) < 4.78 is 0. The van der Waals surface area contributed by atoms with Crippen molar-refractivity contribution in [3.63, 3.8) is 0 Å². The van der Waals surface area contributed by atoms with E-state index >= 15 is 0 Å². The Bertz CT molecular complexity index is 807. The molecule has 2 N–H and O–H groups in total. The topological polar surface area (TPSA) is 113 Å². The molecule has 1 saturated heterocycles. The molecule has 9 heteroatoms. The fourth-order valence-electron chi connectivity index (χ4n) is 2.97. The standard InChI is InChI=1S/C16H14ClN3O5/c17-6-12(22)18-7-8-2-1-3-9-13(8)16(25)20(15(9)24)10-4-5-11(21)19-14(10)23/h1-3,10H,4-7H2,(H,18,22)(H,19,21,23). The largest absolute Gasteiger partial charge is 0.351 e. The average Bonchev–Trinajstić information content (AvgIpc) is 2.85. The highest BCUT2D eigenvalue weighted by Crippen LogP contribution is 2.29. The molecule has 0 spiro atoms. The summed E-state index contributed by atoms with van der Waals surface area (Å²) in [6.45, 7) is 0.0386. The molecule has 1 aromatic rings. The summed E-state index contributed by atoms with van der Waals surface area (Å²) in [5.41, 5.74) is 0.795. The molecule has 130 valence electrons. The molecule has 1 fully saturated rings. The Hall–Kier alpha value is -2.74. The van der Waals surface area contributed by atoms with Crippen molar-refractivity contribution in [2.24, 2.45) is 0 Å². The van der Waals surface area contributed by atoms with Gasteiger partial charge in [0.05, 0.1) is 11.1 Å². The molecule has 1 atom stereocenters. The summed E-state index contributed by atoms with van der Waals surface area (Å²) in [5.74, 6) is -2.90. The van der Waals surface area contributed by atoms with E-state index < -0.39 is 35.6 Å². The Morgan fingerprint density at radius 1 is 1.24 bits per heavy atom. The maximum absolute atomic E-state index is 12.8. The van der Waals surface area contributed by atoms with Gasteiger partial charge in [0.2, 0.25) is 17.7 Å². The van der Waals surface area contributed by atoms with Crippen molar-refractivity contribution >= 4 is 41.1 Å². The summed E-state index contributed by atoms with van der Waals surface area (Å²) >= 11 is 5.43. The number of halogens is 1. The van der Waals surface area contributed by atoms with Crippen LogP contribution in [0.1, 0.15) is 39.1 Å². The van der Waals surface area contributed by atoms with Crippen molar-refractivity contribution in [1.82, 2.24) is 15.5 Å². The van der Waals surface area contributed by atoms with Gasteiger partial charge in [0, 0.05) is 13.0 Å². The zero-order valence-corrected chi connectivity index (χ0v) is 13.8. The Kier molecular flexibility index (Phi) is 4.54. The number of nitrogens with zero attached hydrogens (tertiary/aromatic N) is 1. The number of hydrogen-bond acceptors (Lipinski definition) is 5. The van der Waals surface area contributed by atoms with Crippen LogP contribution < -0.4 is 10.6 Å². The van der Waals surface area contributed by atoms with Gasteiger partial charge < -0.3 is 5.32 Å². The molecular formula is C16H14ClN3O5. The van der Waals surface area contributed by atoms with Gasteiger partial charge in [-0.05, 0) is 18.1 Å². The molecule has 1 aromatic carbocycles. The number of piperidine rings is 1. The molecule has 2 heterocycles. The third-order valence-electron chi connectivity index (χ3n) is 4.15. The van der Waals surface area contributed by atoms with Crippen LogP contribution in [-0.2, 0) is 20.9 Å². The lowest BCUT2D eigenvalue weighted by molar-refractivity contribution is -0.136. The van der Waals surface area contributed by atoms with Crippen molar-refractivity contribution in [2.45, 2.75) is 25.4 Å². The van der Waals surface area contributed by atoms with E-state index in [1.165, 1.54) is 6.07 Å². The average molecular weight is 364 g/mol. The minimum Gasteiger partial charge on any atom is -0.351 e. The first kappa shape index (κ1) is 17.1. The smallest absolute Gasteiger partial charge is 0.262 e. The number of hydrogen-bond donors (Lipinski definition) is 2. The van der Waals surface area contributed by atoms with Crippen LogP contribution in [0.5, 0.6) is 0 Å². The molecule has 0 saturated carbocycles. The first-order valence-corrected chi connectivity index (χ1v) is 8.13. The first-order chi connectivity index (χ1) is 11.9. The van der Waals surface area contributed by atoms with Gasteiger partial charge >= 0.3 is 0 Å². The summed E-state index contributed by atoms with van der Waals surface area (Å²) in [7, 11) is 0. The molecule has 0 radical (unpaired) electrons. The Labute approximate surface area is 147 Å². The number of rotatable bonds is 4. The minimum atomic E-state index is -1.02. The molecule has 1 unspecified atom stereocenters. The molecule has 0 aromatic heterocycles. The normalized spacial score (nSPS) is 19.7. The molecule has 3 rings (SSSR count). The van der Waals surface area contributed by atoms with E-state index in [1.807, 2.05) is 0 Å². The maximum Gasteiger partial charge on any atom is 0.262 e. The van der Waals surface area contributed by atoms with E-state index in [4.69, 9.17) is 11.6 Å². The minimum absolute atomic E-state index is 0.0386. The predicted octanol–water partition coefficient (Wildman–Crippen LogP) is -0.0572. The molecule has 8 nitrogen and oxygen atoms in total. The number of alkyl halides is 1. The maximum atomic E-state index is 12.8. The van der Waals surface area contributed by atoms with Crippen molar-refractivity contribution in [2.75, 3.05) is 5.88 Å². The highest BCUT2D eigenvalue weighted by molar-refractivity contribution is 6.27. The molecule has 5 amide bonds. The number of amides is 5. The third-order valence-corrected chi connectivity index (χ3v) is 4.39. The molecule has 2 aliphatic rings. The zero-order chi connectivity index (χ0) is 18.1. The van der Waals surface area contributed by atoms with Gasteiger partial charge in [0.1, 0.15) is 11.9 Å².